The van der Waals surface area contributed by atoms with Gasteiger partial charge in [-0.15, -0.1) is 0 Å². The van der Waals surface area contributed by atoms with Crippen LogP contribution in [-0.2, 0) is 21.2 Å². The SMILES string of the molecule is CC(CNC(=O)CCc1ccc(S(N)(=O)=O)cc1)C1CC1. The standard InChI is InChI=1S/C15H22N2O3S/c1-11(13-5-6-13)10-17-15(18)9-4-12-2-7-14(8-3-12)21(16,19)20/h2-3,7-8,11,13H,4-6,9-10H2,1H3,(H,17,18)(H2,16,19,20). The van der Waals surface area contributed by atoms with Crippen LogP contribution in [0.2, 0.25) is 0 Å². The van der Waals surface area contributed by atoms with Crippen LogP contribution in [0.1, 0.15) is 31.7 Å². The first kappa shape index (κ1) is 16.0. The minimum absolute atomic E-state index is 0.0398. The Balaban J connectivity index is 1.75. The highest BCUT2D eigenvalue weighted by Crippen LogP contribution is 2.36. The average molecular weight is 310 g/mol. The lowest BCUT2D eigenvalue weighted by Crippen LogP contribution is -2.29. The molecular formula is C15H22N2O3S. The summed E-state index contributed by atoms with van der Waals surface area (Å²) < 4.78 is 22.3. The van der Waals surface area contributed by atoms with Crippen LogP contribution in [-0.4, -0.2) is 20.9 Å². The molecular weight excluding hydrogens is 288 g/mol. The molecule has 1 aromatic rings. The monoisotopic (exact) mass is 310 g/mol. The molecule has 1 unspecified atom stereocenters. The Morgan fingerprint density at radius 2 is 1.95 bits per heavy atom. The third-order valence-corrected chi connectivity index (χ3v) is 4.87. The van der Waals surface area contributed by atoms with E-state index in [1.165, 1.54) is 25.0 Å². The number of rotatable bonds is 7. The van der Waals surface area contributed by atoms with Gasteiger partial charge in [0.1, 0.15) is 0 Å². The number of hydrogen-bond donors (Lipinski definition) is 2. The number of benzene rings is 1. The second kappa shape index (κ2) is 6.58. The van der Waals surface area contributed by atoms with Gasteiger partial charge in [-0.1, -0.05) is 19.1 Å². The molecule has 1 fully saturated rings. The minimum Gasteiger partial charge on any atom is -0.356 e. The Kier molecular flexibility index (Phi) is 5.00. The van der Waals surface area contributed by atoms with Crippen molar-refractivity contribution in [2.45, 2.75) is 37.5 Å². The van der Waals surface area contributed by atoms with Crippen molar-refractivity contribution in [3.8, 4) is 0 Å². The van der Waals surface area contributed by atoms with Crippen molar-refractivity contribution in [1.82, 2.24) is 5.32 Å². The Morgan fingerprint density at radius 1 is 1.33 bits per heavy atom. The van der Waals surface area contributed by atoms with E-state index in [1.54, 1.807) is 12.1 Å². The maximum absolute atomic E-state index is 11.8. The lowest BCUT2D eigenvalue weighted by atomic mass is 10.1. The zero-order chi connectivity index (χ0) is 15.5. The van der Waals surface area contributed by atoms with E-state index in [1.807, 2.05) is 0 Å². The van der Waals surface area contributed by atoms with Crippen molar-refractivity contribution in [2.24, 2.45) is 17.0 Å². The number of aryl methyl sites for hydroxylation is 1. The summed E-state index contributed by atoms with van der Waals surface area (Å²) in [5.74, 6) is 1.39. The number of sulfonamides is 1. The Morgan fingerprint density at radius 3 is 2.48 bits per heavy atom. The van der Waals surface area contributed by atoms with Crippen molar-refractivity contribution in [3.05, 3.63) is 29.8 Å². The summed E-state index contributed by atoms with van der Waals surface area (Å²) in [4.78, 5) is 11.9. The largest absolute Gasteiger partial charge is 0.356 e. The molecule has 1 aliphatic carbocycles. The summed E-state index contributed by atoms with van der Waals surface area (Å²) in [5.41, 5.74) is 0.924. The summed E-state index contributed by atoms with van der Waals surface area (Å²) in [6.07, 6.45) is 3.57. The van der Waals surface area contributed by atoms with Crippen LogP contribution in [0.25, 0.3) is 0 Å². The summed E-state index contributed by atoms with van der Waals surface area (Å²) in [6, 6.07) is 6.33. The van der Waals surface area contributed by atoms with Crippen LogP contribution in [0.5, 0.6) is 0 Å². The number of hydrogen-bond acceptors (Lipinski definition) is 3. The van der Waals surface area contributed by atoms with E-state index >= 15 is 0 Å². The highest BCUT2D eigenvalue weighted by atomic mass is 32.2. The highest BCUT2D eigenvalue weighted by molar-refractivity contribution is 7.89. The van der Waals surface area contributed by atoms with Crippen LogP contribution in [0, 0.1) is 11.8 Å². The fraction of sp³-hybridized carbons (Fsp3) is 0.533. The van der Waals surface area contributed by atoms with Crippen LogP contribution in [0.4, 0.5) is 0 Å². The molecule has 0 saturated heterocycles. The van der Waals surface area contributed by atoms with E-state index < -0.39 is 10.0 Å². The first-order valence-electron chi connectivity index (χ1n) is 7.24. The Bertz CT molecular complexity index is 592. The molecule has 0 bridgehead atoms. The molecule has 0 aromatic heterocycles. The van der Waals surface area contributed by atoms with Crippen molar-refractivity contribution in [3.63, 3.8) is 0 Å². The first-order chi connectivity index (χ1) is 9.86. The fourth-order valence-corrected chi connectivity index (χ4v) is 2.81. The molecule has 116 valence electrons. The molecule has 0 heterocycles. The van der Waals surface area contributed by atoms with Gasteiger partial charge < -0.3 is 5.32 Å². The number of primary sulfonamides is 1. The zero-order valence-corrected chi connectivity index (χ0v) is 13.0. The number of carbonyl (C=O) groups excluding carboxylic acids is 1. The molecule has 2 rings (SSSR count). The van der Waals surface area contributed by atoms with E-state index in [0.29, 0.717) is 18.8 Å². The van der Waals surface area contributed by atoms with E-state index in [-0.39, 0.29) is 10.8 Å². The zero-order valence-electron chi connectivity index (χ0n) is 12.2. The predicted octanol–water partition coefficient (Wildman–Crippen LogP) is 1.43. The fourth-order valence-electron chi connectivity index (χ4n) is 2.30. The van der Waals surface area contributed by atoms with Crippen molar-refractivity contribution >= 4 is 15.9 Å². The van der Waals surface area contributed by atoms with Crippen molar-refractivity contribution in [1.29, 1.82) is 0 Å². The topological polar surface area (TPSA) is 89.3 Å². The number of nitrogens with two attached hydrogens (primary N) is 1. The van der Waals surface area contributed by atoms with Gasteiger partial charge in [-0.05, 0) is 48.8 Å². The second-order valence-corrected chi connectivity index (χ2v) is 7.37. The Labute approximate surface area is 126 Å². The number of amides is 1. The molecule has 6 heteroatoms. The third-order valence-electron chi connectivity index (χ3n) is 3.94. The van der Waals surface area contributed by atoms with Crippen molar-refractivity contribution in [2.75, 3.05) is 6.54 Å². The van der Waals surface area contributed by atoms with E-state index in [9.17, 15) is 13.2 Å². The van der Waals surface area contributed by atoms with Gasteiger partial charge in [0.15, 0.2) is 0 Å². The molecule has 1 aliphatic rings. The molecule has 1 aromatic carbocycles. The molecule has 0 aliphatic heterocycles. The first-order valence-corrected chi connectivity index (χ1v) is 8.79. The van der Waals surface area contributed by atoms with Gasteiger partial charge in [0.05, 0.1) is 4.90 Å². The van der Waals surface area contributed by atoms with Gasteiger partial charge in [-0.25, -0.2) is 13.6 Å². The van der Waals surface area contributed by atoms with E-state index in [4.69, 9.17) is 5.14 Å². The molecule has 0 spiro atoms. The molecule has 21 heavy (non-hydrogen) atoms. The molecule has 3 N–H and O–H groups in total. The minimum atomic E-state index is -3.65. The van der Waals surface area contributed by atoms with E-state index in [2.05, 4.69) is 12.2 Å². The quantitative estimate of drug-likeness (QED) is 0.798. The van der Waals surface area contributed by atoms with Crippen LogP contribution in [0.15, 0.2) is 29.2 Å². The average Bonchev–Trinajstić information content (AvgIpc) is 3.26. The van der Waals surface area contributed by atoms with Gasteiger partial charge >= 0.3 is 0 Å². The van der Waals surface area contributed by atoms with Gasteiger partial charge in [0, 0.05) is 13.0 Å². The van der Waals surface area contributed by atoms with E-state index in [0.717, 1.165) is 18.0 Å². The molecule has 0 radical (unpaired) electrons. The van der Waals surface area contributed by atoms with Crippen molar-refractivity contribution < 1.29 is 13.2 Å². The summed E-state index contributed by atoms with van der Waals surface area (Å²) in [5, 5.41) is 7.99. The Hall–Kier alpha value is -1.40. The van der Waals surface area contributed by atoms with Crippen LogP contribution < -0.4 is 10.5 Å². The van der Waals surface area contributed by atoms with Crippen LogP contribution in [0.3, 0.4) is 0 Å². The number of nitrogens with one attached hydrogen (secondary N) is 1. The summed E-state index contributed by atoms with van der Waals surface area (Å²) in [7, 11) is -3.65. The lowest BCUT2D eigenvalue weighted by Gasteiger charge is -2.11. The maximum Gasteiger partial charge on any atom is 0.238 e. The normalized spacial score (nSPS) is 16.5. The van der Waals surface area contributed by atoms with Gasteiger partial charge in [-0.3, -0.25) is 4.79 Å². The summed E-state index contributed by atoms with van der Waals surface area (Å²) >= 11 is 0. The number of carbonyl (C=O) groups is 1. The molecule has 1 amide bonds. The maximum atomic E-state index is 11.8. The summed E-state index contributed by atoms with van der Waals surface area (Å²) in [6.45, 7) is 2.91. The molecule has 1 atom stereocenters. The van der Waals surface area contributed by atoms with Gasteiger partial charge in [0.25, 0.3) is 0 Å². The second-order valence-electron chi connectivity index (χ2n) is 5.81. The van der Waals surface area contributed by atoms with Gasteiger partial charge in [0.2, 0.25) is 15.9 Å². The highest BCUT2D eigenvalue weighted by Gasteiger charge is 2.27. The van der Waals surface area contributed by atoms with Crippen LogP contribution >= 0.6 is 0 Å². The molecule has 5 nitrogen and oxygen atoms in total. The van der Waals surface area contributed by atoms with Gasteiger partial charge in [-0.2, -0.15) is 0 Å². The lowest BCUT2D eigenvalue weighted by molar-refractivity contribution is -0.121. The third kappa shape index (κ3) is 5.13. The smallest absolute Gasteiger partial charge is 0.238 e. The predicted molar refractivity (Wildman–Crippen MR) is 81.0 cm³/mol. The molecule has 1 saturated carbocycles.